The molecule has 13 heavy (non-hydrogen) atoms. The number of benzene rings is 1. The van der Waals surface area contributed by atoms with E-state index in [0.29, 0.717) is 0 Å². The first kappa shape index (κ1) is 8.86. The molecule has 2 rings (SSSR count). The zero-order valence-electron chi connectivity index (χ0n) is 7.40. The van der Waals surface area contributed by atoms with Gasteiger partial charge in [-0.2, -0.15) is 0 Å². The molecule has 4 heteroatoms. The summed E-state index contributed by atoms with van der Waals surface area (Å²) in [5, 5.41) is 0. The summed E-state index contributed by atoms with van der Waals surface area (Å²) in [5.41, 5.74) is 1.04. The van der Waals surface area contributed by atoms with Crippen LogP contribution in [0.5, 0.6) is 11.5 Å². The van der Waals surface area contributed by atoms with Crippen molar-refractivity contribution in [3.05, 3.63) is 16.3 Å². The van der Waals surface area contributed by atoms with Gasteiger partial charge in [-0.25, -0.2) is 0 Å². The Morgan fingerprint density at radius 1 is 1.15 bits per heavy atom. The van der Waals surface area contributed by atoms with Crippen LogP contribution < -0.4 is 9.47 Å². The predicted molar refractivity (Wildman–Crippen MR) is 51.8 cm³/mol. The molecule has 3 nitrogen and oxygen atoms in total. The van der Waals surface area contributed by atoms with E-state index < -0.39 is 0 Å². The fourth-order valence-corrected chi connectivity index (χ4v) is 3.15. The Balaban J connectivity index is 2.67. The van der Waals surface area contributed by atoms with E-state index >= 15 is 0 Å². The van der Waals surface area contributed by atoms with Crippen molar-refractivity contribution in [2.24, 2.45) is 0 Å². The van der Waals surface area contributed by atoms with Crippen LogP contribution in [0.4, 0.5) is 0 Å². The first-order valence-electron chi connectivity index (χ1n) is 3.80. The minimum atomic E-state index is -0.215. The Morgan fingerprint density at radius 2 is 1.85 bits per heavy atom. The van der Waals surface area contributed by atoms with Gasteiger partial charge in [0.05, 0.1) is 0 Å². The van der Waals surface area contributed by atoms with Crippen LogP contribution in [0.25, 0.3) is 8.92 Å². The third kappa shape index (κ3) is 1.52. The topological polar surface area (TPSA) is 31.4 Å². The average Bonchev–Trinajstić information content (AvgIpc) is 2.62. The molecule has 0 fully saturated rings. The van der Waals surface area contributed by atoms with Crippen molar-refractivity contribution < 1.29 is 9.47 Å². The van der Waals surface area contributed by atoms with Crippen LogP contribution in [0.15, 0.2) is 16.3 Å². The Bertz CT molecular complexity index is 386. The summed E-state index contributed by atoms with van der Waals surface area (Å²) >= 11 is -0.215. The van der Waals surface area contributed by atoms with Gasteiger partial charge in [-0.3, -0.25) is 0 Å². The van der Waals surface area contributed by atoms with Gasteiger partial charge in [-0.05, 0) is 0 Å². The molecule has 0 spiro atoms. The van der Waals surface area contributed by atoms with E-state index in [0.717, 1.165) is 17.0 Å². The second-order valence-corrected chi connectivity index (χ2v) is 5.06. The third-order valence-corrected chi connectivity index (χ3v) is 4.10. The molecule has 0 aliphatic carbocycles. The zero-order valence-corrected chi connectivity index (χ0v) is 9.73. The normalized spacial score (nSPS) is 10.3. The molecule has 0 N–H and O–H groups in total. The summed E-state index contributed by atoms with van der Waals surface area (Å²) < 4.78 is 13.7. The fourth-order valence-electron chi connectivity index (χ4n) is 1.18. The van der Waals surface area contributed by atoms with Crippen molar-refractivity contribution in [1.29, 1.82) is 0 Å². The summed E-state index contributed by atoms with van der Waals surface area (Å²) in [6, 6.07) is 3.96. The molecular weight excluding hydrogens is 282 g/mol. The standard InChI is InChI=1S/C9H9NO2Te/c1-11-7-3-6-9(13-5-10-6)4-8(7)12-2/h3-5H,1-2H3. The van der Waals surface area contributed by atoms with Gasteiger partial charge in [0.15, 0.2) is 0 Å². The Hall–Kier alpha value is -0.720. The zero-order chi connectivity index (χ0) is 9.26. The summed E-state index contributed by atoms with van der Waals surface area (Å²) in [7, 11) is 3.29. The van der Waals surface area contributed by atoms with Gasteiger partial charge < -0.3 is 0 Å². The first-order chi connectivity index (χ1) is 6.35. The molecule has 0 amide bonds. The quantitative estimate of drug-likeness (QED) is 0.782. The van der Waals surface area contributed by atoms with Crippen LogP contribution in [0.1, 0.15) is 0 Å². The molecule has 0 atom stereocenters. The van der Waals surface area contributed by atoms with E-state index in [1.165, 1.54) is 3.40 Å². The second-order valence-electron chi connectivity index (χ2n) is 2.53. The van der Waals surface area contributed by atoms with Gasteiger partial charge in [0, 0.05) is 0 Å². The van der Waals surface area contributed by atoms with Gasteiger partial charge in [-0.15, -0.1) is 0 Å². The molecule has 1 heterocycles. The molecule has 0 aliphatic heterocycles. The van der Waals surface area contributed by atoms with E-state index in [1.807, 2.05) is 16.3 Å². The van der Waals surface area contributed by atoms with Crippen LogP contribution >= 0.6 is 0 Å². The summed E-state index contributed by atoms with van der Waals surface area (Å²) in [5.74, 6) is 1.56. The van der Waals surface area contributed by atoms with Crippen molar-refractivity contribution in [2.75, 3.05) is 14.2 Å². The summed E-state index contributed by atoms with van der Waals surface area (Å²) in [6.45, 7) is 0. The van der Waals surface area contributed by atoms with Gasteiger partial charge >= 0.3 is 85.9 Å². The molecule has 0 bridgehead atoms. The van der Waals surface area contributed by atoms with Crippen LogP contribution in [0.2, 0.25) is 0 Å². The minimum absolute atomic E-state index is 0.215. The van der Waals surface area contributed by atoms with E-state index in [2.05, 4.69) is 4.98 Å². The van der Waals surface area contributed by atoms with E-state index in [-0.39, 0.29) is 20.4 Å². The van der Waals surface area contributed by atoms with Crippen LogP contribution in [-0.2, 0) is 0 Å². The Labute approximate surface area is 85.9 Å². The monoisotopic (exact) mass is 293 g/mol. The number of rotatable bonds is 2. The number of methoxy groups -OCH3 is 2. The fraction of sp³-hybridized carbons (Fsp3) is 0.222. The third-order valence-electron chi connectivity index (χ3n) is 1.84. The molecule has 0 radical (unpaired) electrons. The SMILES string of the molecule is COc1cc2nc[te]c2cc1OC. The molecule has 2 aromatic rings. The molecule has 0 saturated heterocycles. The van der Waals surface area contributed by atoms with E-state index in [4.69, 9.17) is 9.47 Å². The van der Waals surface area contributed by atoms with Gasteiger partial charge in [0.25, 0.3) is 0 Å². The molecular formula is C9H9NO2Te. The predicted octanol–water partition coefficient (Wildman–Crippen LogP) is 1.31. The number of ether oxygens (including phenoxy) is 2. The van der Waals surface area contributed by atoms with Crippen molar-refractivity contribution in [3.63, 3.8) is 0 Å². The van der Waals surface area contributed by atoms with Crippen molar-refractivity contribution in [2.45, 2.75) is 0 Å². The molecule has 1 aromatic heterocycles. The molecule has 1 aromatic carbocycles. The molecule has 0 unspecified atom stereocenters. The maximum atomic E-state index is 5.20. The molecule has 0 aliphatic rings. The first-order valence-corrected chi connectivity index (χ1v) is 6.31. The Morgan fingerprint density at radius 3 is 2.54 bits per heavy atom. The van der Waals surface area contributed by atoms with Gasteiger partial charge in [0.1, 0.15) is 0 Å². The van der Waals surface area contributed by atoms with E-state index in [1.54, 1.807) is 14.2 Å². The second kappa shape index (κ2) is 3.57. The summed E-state index contributed by atoms with van der Waals surface area (Å²) in [4.78, 5) is 4.28. The van der Waals surface area contributed by atoms with Gasteiger partial charge in [-0.1, -0.05) is 0 Å². The number of aromatic nitrogens is 1. The van der Waals surface area contributed by atoms with Crippen LogP contribution in [-0.4, -0.2) is 39.6 Å². The number of hydrogen-bond donors (Lipinski definition) is 0. The van der Waals surface area contributed by atoms with E-state index in [9.17, 15) is 0 Å². The van der Waals surface area contributed by atoms with Crippen molar-refractivity contribution in [3.8, 4) is 11.5 Å². The number of fused-ring (bicyclic) bond motifs is 1. The average molecular weight is 291 g/mol. The Kier molecular flexibility index (Phi) is 2.43. The molecule has 0 saturated carbocycles. The number of hydrogen-bond acceptors (Lipinski definition) is 3. The van der Waals surface area contributed by atoms with Crippen LogP contribution in [0.3, 0.4) is 0 Å². The van der Waals surface area contributed by atoms with Crippen molar-refractivity contribution in [1.82, 2.24) is 4.98 Å². The van der Waals surface area contributed by atoms with Crippen LogP contribution in [0, 0.1) is 0 Å². The van der Waals surface area contributed by atoms with Gasteiger partial charge in [0.2, 0.25) is 0 Å². The molecule has 68 valence electrons. The van der Waals surface area contributed by atoms with Crippen molar-refractivity contribution >= 4 is 29.3 Å². The maximum absolute atomic E-state index is 5.20. The number of nitrogens with zero attached hydrogens (tertiary/aromatic N) is 1. The summed E-state index contributed by atoms with van der Waals surface area (Å²) in [6.07, 6.45) is 0.